The molecule has 17 heavy (non-hydrogen) atoms. The first-order valence-electron chi connectivity index (χ1n) is 5.85. The Morgan fingerprint density at radius 2 is 1.88 bits per heavy atom. The second kappa shape index (κ2) is 5.00. The van der Waals surface area contributed by atoms with Gasteiger partial charge in [-0.2, -0.15) is 0 Å². The third kappa shape index (κ3) is 3.47. The van der Waals surface area contributed by atoms with Gasteiger partial charge < -0.3 is 10.2 Å². The van der Waals surface area contributed by atoms with Crippen LogP contribution in [0.1, 0.15) is 26.3 Å². The van der Waals surface area contributed by atoms with Crippen molar-refractivity contribution >= 4 is 19.9 Å². The first-order chi connectivity index (χ1) is 7.67. The molecular formula is C13H22ClNOSi. The number of rotatable bonds is 3. The van der Waals surface area contributed by atoms with Crippen LogP contribution in [-0.2, 0) is 6.54 Å². The summed E-state index contributed by atoms with van der Waals surface area (Å²) in [5.41, 5.74) is 6.70. The minimum absolute atomic E-state index is 0.179. The Balaban J connectivity index is 3.03. The Kier molecular flexibility index (Phi) is 4.28. The van der Waals surface area contributed by atoms with Crippen LogP contribution in [0.25, 0.3) is 0 Å². The van der Waals surface area contributed by atoms with Crippen molar-refractivity contribution in [3.05, 3.63) is 28.8 Å². The molecule has 0 heterocycles. The second-order valence-electron chi connectivity index (χ2n) is 5.82. The van der Waals surface area contributed by atoms with Gasteiger partial charge in [0.25, 0.3) is 0 Å². The third-order valence-electron chi connectivity index (χ3n) is 3.41. The lowest BCUT2D eigenvalue weighted by Gasteiger charge is -2.37. The molecule has 0 aliphatic carbocycles. The topological polar surface area (TPSA) is 35.2 Å². The van der Waals surface area contributed by atoms with E-state index in [0.717, 1.165) is 11.3 Å². The van der Waals surface area contributed by atoms with Crippen molar-refractivity contribution in [2.45, 2.75) is 45.4 Å². The van der Waals surface area contributed by atoms with Crippen LogP contribution in [0.5, 0.6) is 5.75 Å². The molecule has 0 radical (unpaired) electrons. The standard InChI is InChI=1S/C13H22ClNOSi/c1-13(2,3)17(4,5)16-12-7-6-11(14)8-10(12)9-15/h6-8H,9,15H2,1-5H3. The normalized spacial score (nSPS) is 12.6. The van der Waals surface area contributed by atoms with E-state index in [-0.39, 0.29) is 5.04 Å². The fraction of sp³-hybridized carbons (Fsp3) is 0.538. The Morgan fingerprint density at radius 1 is 1.29 bits per heavy atom. The van der Waals surface area contributed by atoms with Crippen molar-refractivity contribution in [3.63, 3.8) is 0 Å². The smallest absolute Gasteiger partial charge is 0.250 e. The molecule has 2 nitrogen and oxygen atoms in total. The molecule has 1 aromatic carbocycles. The van der Waals surface area contributed by atoms with Crippen molar-refractivity contribution in [1.82, 2.24) is 0 Å². The summed E-state index contributed by atoms with van der Waals surface area (Å²) >= 11 is 5.96. The summed E-state index contributed by atoms with van der Waals surface area (Å²) in [4.78, 5) is 0. The number of benzene rings is 1. The molecule has 1 rings (SSSR count). The van der Waals surface area contributed by atoms with Crippen LogP contribution in [0.2, 0.25) is 23.2 Å². The molecule has 0 aromatic heterocycles. The maximum atomic E-state index is 6.24. The van der Waals surface area contributed by atoms with Crippen LogP contribution in [0, 0.1) is 0 Å². The predicted molar refractivity (Wildman–Crippen MR) is 77.2 cm³/mol. The second-order valence-corrected chi connectivity index (χ2v) is 11.0. The van der Waals surface area contributed by atoms with Crippen LogP contribution in [-0.4, -0.2) is 8.32 Å². The van der Waals surface area contributed by atoms with E-state index < -0.39 is 8.32 Å². The SMILES string of the molecule is CC(C)(C)[Si](C)(C)Oc1ccc(Cl)cc1CN. The monoisotopic (exact) mass is 271 g/mol. The lowest BCUT2D eigenvalue weighted by Crippen LogP contribution is -2.44. The summed E-state index contributed by atoms with van der Waals surface area (Å²) in [5.74, 6) is 0.878. The summed E-state index contributed by atoms with van der Waals surface area (Å²) in [7, 11) is -1.81. The van der Waals surface area contributed by atoms with Gasteiger partial charge in [-0.3, -0.25) is 0 Å². The zero-order valence-corrected chi connectivity index (χ0v) is 13.1. The molecule has 0 unspecified atom stereocenters. The average Bonchev–Trinajstić information content (AvgIpc) is 2.18. The van der Waals surface area contributed by atoms with Crippen LogP contribution in [0.15, 0.2) is 18.2 Å². The van der Waals surface area contributed by atoms with Gasteiger partial charge in [-0.1, -0.05) is 32.4 Å². The van der Waals surface area contributed by atoms with E-state index in [1.54, 1.807) is 0 Å². The number of hydrogen-bond donors (Lipinski definition) is 1. The first-order valence-corrected chi connectivity index (χ1v) is 9.13. The van der Waals surface area contributed by atoms with Gasteiger partial charge in [-0.15, -0.1) is 0 Å². The van der Waals surface area contributed by atoms with Crippen molar-refractivity contribution < 1.29 is 4.43 Å². The molecule has 0 bridgehead atoms. The number of halogens is 1. The highest BCUT2D eigenvalue weighted by atomic mass is 35.5. The molecule has 2 N–H and O–H groups in total. The van der Waals surface area contributed by atoms with E-state index in [2.05, 4.69) is 33.9 Å². The Morgan fingerprint density at radius 3 is 2.35 bits per heavy atom. The van der Waals surface area contributed by atoms with Gasteiger partial charge in [0.1, 0.15) is 5.75 Å². The van der Waals surface area contributed by atoms with Crippen molar-refractivity contribution in [3.8, 4) is 5.75 Å². The highest BCUT2D eigenvalue weighted by Gasteiger charge is 2.39. The maximum absolute atomic E-state index is 6.24. The molecular weight excluding hydrogens is 250 g/mol. The molecule has 0 spiro atoms. The molecule has 0 fully saturated rings. The van der Waals surface area contributed by atoms with Gasteiger partial charge in [0.05, 0.1) is 0 Å². The fourth-order valence-corrected chi connectivity index (χ4v) is 2.48. The zero-order valence-electron chi connectivity index (χ0n) is 11.3. The minimum atomic E-state index is -1.81. The maximum Gasteiger partial charge on any atom is 0.250 e. The van der Waals surface area contributed by atoms with Crippen LogP contribution in [0.3, 0.4) is 0 Å². The molecule has 0 saturated heterocycles. The quantitative estimate of drug-likeness (QED) is 0.837. The number of nitrogens with two attached hydrogens (primary N) is 1. The molecule has 0 atom stereocenters. The number of hydrogen-bond acceptors (Lipinski definition) is 2. The van der Waals surface area contributed by atoms with Crippen LogP contribution < -0.4 is 10.2 Å². The highest BCUT2D eigenvalue weighted by molar-refractivity contribution is 6.74. The third-order valence-corrected chi connectivity index (χ3v) is 7.99. The summed E-state index contributed by atoms with van der Waals surface area (Å²) in [6.07, 6.45) is 0. The lowest BCUT2D eigenvalue weighted by atomic mass is 10.2. The Labute approximate surface area is 110 Å². The Hall–Kier alpha value is -0.513. The van der Waals surface area contributed by atoms with Crippen LogP contribution in [0.4, 0.5) is 0 Å². The van der Waals surface area contributed by atoms with E-state index in [0.29, 0.717) is 11.6 Å². The van der Waals surface area contributed by atoms with Crippen LogP contribution >= 0.6 is 11.6 Å². The van der Waals surface area contributed by atoms with E-state index in [1.807, 2.05) is 18.2 Å². The molecule has 0 aliphatic rings. The van der Waals surface area contributed by atoms with Gasteiger partial charge in [0.15, 0.2) is 0 Å². The van der Waals surface area contributed by atoms with Gasteiger partial charge in [-0.05, 0) is 36.3 Å². The summed E-state index contributed by atoms with van der Waals surface area (Å²) in [6.45, 7) is 11.6. The average molecular weight is 272 g/mol. The fourth-order valence-electron chi connectivity index (χ4n) is 1.24. The van der Waals surface area contributed by atoms with E-state index >= 15 is 0 Å². The van der Waals surface area contributed by atoms with E-state index in [4.69, 9.17) is 21.8 Å². The summed E-state index contributed by atoms with van der Waals surface area (Å²) in [6, 6.07) is 5.65. The minimum Gasteiger partial charge on any atom is -0.543 e. The molecule has 4 heteroatoms. The first kappa shape index (κ1) is 14.5. The largest absolute Gasteiger partial charge is 0.543 e. The van der Waals surface area contributed by atoms with Gasteiger partial charge in [0, 0.05) is 17.1 Å². The van der Waals surface area contributed by atoms with Crippen molar-refractivity contribution in [2.24, 2.45) is 5.73 Å². The molecule has 0 aliphatic heterocycles. The highest BCUT2D eigenvalue weighted by Crippen LogP contribution is 2.38. The zero-order chi connectivity index (χ0) is 13.3. The van der Waals surface area contributed by atoms with E-state index in [1.165, 1.54) is 0 Å². The van der Waals surface area contributed by atoms with Crippen molar-refractivity contribution in [2.75, 3.05) is 0 Å². The van der Waals surface area contributed by atoms with Gasteiger partial charge >= 0.3 is 0 Å². The summed E-state index contributed by atoms with van der Waals surface area (Å²) in [5, 5.41) is 0.881. The van der Waals surface area contributed by atoms with E-state index in [9.17, 15) is 0 Å². The molecule has 1 aromatic rings. The van der Waals surface area contributed by atoms with Gasteiger partial charge in [-0.25, -0.2) is 0 Å². The molecule has 0 saturated carbocycles. The predicted octanol–water partition coefficient (Wildman–Crippen LogP) is 4.18. The molecule has 0 amide bonds. The van der Waals surface area contributed by atoms with Crippen molar-refractivity contribution in [1.29, 1.82) is 0 Å². The Bertz CT molecular complexity index is 399. The summed E-state index contributed by atoms with van der Waals surface area (Å²) < 4.78 is 6.24. The van der Waals surface area contributed by atoms with Gasteiger partial charge in [0.2, 0.25) is 8.32 Å². The molecule has 96 valence electrons. The lowest BCUT2D eigenvalue weighted by molar-refractivity contribution is 0.487.